The third-order valence-corrected chi connectivity index (χ3v) is 18.7. The summed E-state index contributed by atoms with van der Waals surface area (Å²) >= 11 is 7.52. The molecule has 7 aromatic rings. The van der Waals surface area contributed by atoms with Crippen LogP contribution in [0, 0.1) is 32.4 Å². The summed E-state index contributed by atoms with van der Waals surface area (Å²) in [7, 11) is 0. The van der Waals surface area contributed by atoms with Gasteiger partial charge in [0, 0.05) is 116 Å². The number of thiazole rings is 1. The minimum atomic E-state index is -1.13. The van der Waals surface area contributed by atoms with Crippen molar-refractivity contribution in [2.45, 2.75) is 98.4 Å². The molecule has 0 unspecified atom stereocenters. The van der Waals surface area contributed by atoms with Gasteiger partial charge in [0.25, 0.3) is 11.8 Å². The normalized spacial score (nSPS) is 15.2. The van der Waals surface area contributed by atoms with Crippen LogP contribution in [0.3, 0.4) is 0 Å². The number of halogens is 3. The average Bonchev–Trinajstić information content (AvgIpc) is 0.956. The zero-order chi connectivity index (χ0) is 61.3. The Morgan fingerprint density at radius 2 is 1.67 bits per heavy atom. The Hall–Kier alpha value is -8.33. The molecule has 1 fully saturated rings. The van der Waals surface area contributed by atoms with Crippen molar-refractivity contribution in [1.82, 2.24) is 34.6 Å². The largest absolute Gasteiger partial charge is 0.478 e. The molecule has 5 aromatic carbocycles. The standard InChI is InChI=1S/C67H70ClF2N11O6S/c1-5-6-13-42-31-49-58(50-32-43-14-7-8-22-80-23-11-16-47(61(43)80)63(50)87-62(49)46-15-10-20-71-60(42)46)48-33-44(18-19-45(48)66(85)86)64(83)72-21-24-81(36-41-29-52(69)39(3)53(70)30-41)57(82)37-78-25-27-79(28-26-78)56-34-55(74-40(4)75-56)76-67-73-35-54(88-67)65(84)77-59-38(2)12-9-17-51(59)68/h9,12,17-19,29-35H,5-8,10-11,13-16,20-28,36-37H2,1-4H3,(H4,72,73,74,75,76,77,83,84,85,86)/p+1. The van der Waals surface area contributed by atoms with Crippen molar-refractivity contribution in [3.05, 3.63) is 172 Å². The molecule has 0 radical (unpaired) electrons. The van der Waals surface area contributed by atoms with Gasteiger partial charge in [-0.25, -0.2) is 33.1 Å². The van der Waals surface area contributed by atoms with Crippen molar-refractivity contribution < 1.29 is 37.8 Å². The van der Waals surface area contributed by atoms with Crippen LogP contribution in [0.1, 0.15) is 132 Å². The number of piperazine rings is 1. The molecule has 0 bridgehead atoms. The Bertz CT molecular complexity index is 4050. The minimum absolute atomic E-state index is 0.00209. The number of nitrogens with zero attached hydrogens (tertiary/aromatic N) is 7. The molecular formula is C67H71ClF2N11O6S+. The highest BCUT2D eigenvalue weighted by molar-refractivity contribution is 7.17. The van der Waals surface area contributed by atoms with Crippen LogP contribution in [0.2, 0.25) is 5.02 Å². The summed E-state index contributed by atoms with van der Waals surface area (Å²) in [4.78, 5) is 75.4. The van der Waals surface area contributed by atoms with Crippen LogP contribution < -0.4 is 46.1 Å². The first-order chi connectivity index (χ1) is 42.6. The van der Waals surface area contributed by atoms with Crippen LogP contribution in [0.4, 0.5) is 36.9 Å². The highest BCUT2D eigenvalue weighted by Gasteiger charge is 2.35. The maximum Gasteiger partial charge on any atom is 0.336 e. The molecule has 12 rings (SSSR count). The number of hydrogen-bond acceptors (Lipinski definition) is 13. The second-order valence-electron chi connectivity index (χ2n) is 23.4. The first kappa shape index (κ1) is 60.0. The Balaban J connectivity index is 0.776. The van der Waals surface area contributed by atoms with Crippen LogP contribution in [-0.4, -0.2) is 119 Å². The van der Waals surface area contributed by atoms with Crippen molar-refractivity contribution in [3.8, 4) is 11.5 Å². The van der Waals surface area contributed by atoms with E-state index >= 15 is 8.78 Å². The lowest BCUT2D eigenvalue weighted by Gasteiger charge is -2.36. The predicted molar refractivity (Wildman–Crippen MR) is 339 cm³/mol. The molecule has 2 aromatic heterocycles. The molecule has 21 heteroatoms. The summed E-state index contributed by atoms with van der Waals surface area (Å²) in [5, 5.41) is 26.8. The van der Waals surface area contributed by atoms with Gasteiger partial charge in [0.1, 0.15) is 58.6 Å². The van der Waals surface area contributed by atoms with Crippen LogP contribution >= 0.6 is 22.9 Å². The summed E-state index contributed by atoms with van der Waals surface area (Å²) in [5.74, 6) is -0.540. The van der Waals surface area contributed by atoms with Crippen LogP contribution in [0.5, 0.6) is 11.5 Å². The molecule has 5 N–H and O–H groups in total. The molecule has 88 heavy (non-hydrogen) atoms. The smallest absolute Gasteiger partial charge is 0.336 e. The number of carboxylic acids is 1. The fourth-order valence-corrected chi connectivity index (χ4v) is 13.9. The van der Waals surface area contributed by atoms with Crippen LogP contribution in [0.25, 0.3) is 5.57 Å². The summed E-state index contributed by atoms with van der Waals surface area (Å²) < 4.78 is 39.9. The maximum absolute atomic E-state index is 15.1. The predicted octanol–water partition coefficient (Wildman–Crippen LogP) is 9.89. The quantitative estimate of drug-likeness (QED) is 0.0510. The van der Waals surface area contributed by atoms with Gasteiger partial charge >= 0.3 is 5.97 Å². The number of nitrogens with one attached hydrogen (secondary N) is 4. The molecule has 0 spiro atoms. The van der Waals surface area contributed by atoms with E-state index in [1.54, 1.807) is 19.1 Å². The number of carboxylic acid groups (broad SMARTS) is 1. The number of rotatable bonds is 18. The number of aromatic nitrogens is 3. The van der Waals surface area contributed by atoms with Gasteiger partial charge < -0.3 is 40.9 Å². The highest BCUT2D eigenvalue weighted by Crippen LogP contribution is 2.47. The Kier molecular flexibility index (Phi) is 17.6. The molecule has 17 nitrogen and oxygen atoms in total. The number of para-hydroxylation sites is 1. The van der Waals surface area contributed by atoms with Crippen LogP contribution in [-0.2, 0) is 37.0 Å². The second-order valence-corrected chi connectivity index (χ2v) is 24.9. The average molecular weight is 1230 g/mol. The van der Waals surface area contributed by atoms with E-state index in [4.69, 9.17) is 21.3 Å². The SMILES string of the molecule is CCCCc1cc2c(c3c1NCCC3)Oc1c3c4c(cc1=C2c1cc(C(=O)NCCN(Cc2cc(F)c(C)c(F)c2)C(=O)CN2CCN(c5cc(Nc6ncc(C(=O)Nc7c(C)cccc7Cl)s6)nc(C)n5)CC2)ccc1C(=O)O)CCCC[N+]=4CCC3. The molecule has 7 heterocycles. The van der Waals surface area contributed by atoms with Gasteiger partial charge in [0.05, 0.1) is 34.6 Å². The second kappa shape index (κ2) is 25.8. The van der Waals surface area contributed by atoms with Crippen molar-refractivity contribution >= 4 is 80.3 Å². The van der Waals surface area contributed by atoms with E-state index in [0.29, 0.717) is 69.9 Å². The monoisotopic (exact) mass is 1230 g/mol. The van der Waals surface area contributed by atoms with Gasteiger partial charge in [-0.2, -0.15) is 0 Å². The number of amides is 3. The molecule has 5 aliphatic heterocycles. The van der Waals surface area contributed by atoms with Crippen molar-refractivity contribution in [1.29, 1.82) is 0 Å². The van der Waals surface area contributed by atoms with Crippen molar-refractivity contribution in [3.63, 3.8) is 0 Å². The van der Waals surface area contributed by atoms with Gasteiger partial charge in [-0.15, -0.1) is 0 Å². The summed E-state index contributed by atoms with van der Waals surface area (Å²) in [6.45, 7) is 11.9. The number of benzene rings is 5. The van der Waals surface area contributed by atoms with E-state index in [0.717, 1.165) is 140 Å². The number of fused-ring (bicyclic) bond motifs is 5. The molecular weight excluding hydrogens is 1160 g/mol. The number of carbonyl (C=O) groups excluding carboxylic acids is 3. The van der Waals surface area contributed by atoms with E-state index in [1.165, 1.54) is 64.5 Å². The van der Waals surface area contributed by atoms with Crippen LogP contribution in [0.15, 0.2) is 72.9 Å². The molecule has 0 saturated carbocycles. The minimum Gasteiger partial charge on any atom is -0.478 e. The lowest BCUT2D eigenvalue weighted by Crippen LogP contribution is -2.51. The third kappa shape index (κ3) is 12.4. The van der Waals surface area contributed by atoms with Gasteiger partial charge in [-0.05, 0) is 137 Å². The van der Waals surface area contributed by atoms with Gasteiger partial charge in [-0.3, -0.25) is 19.3 Å². The molecule has 456 valence electrons. The number of ether oxygens (including phenoxy) is 1. The maximum atomic E-state index is 15.1. The van der Waals surface area contributed by atoms with Crippen molar-refractivity contribution in [2.75, 3.05) is 86.3 Å². The van der Waals surface area contributed by atoms with E-state index < -0.39 is 23.5 Å². The molecule has 5 aliphatic rings. The van der Waals surface area contributed by atoms with Gasteiger partial charge in [0.15, 0.2) is 5.13 Å². The van der Waals surface area contributed by atoms with Gasteiger partial charge in [0.2, 0.25) is 11.3 Å². The highest BCUT2D eigenvalue weighted by atomic mass is 35.5. The Labute approximate surface area is 518 Å². The summed E-state index contributed by atoms with van der Waals surface area (Å²) in [6.07, 6.45) is 10.8. The topological polar surface area (TPSA) is 197 Å². The first-order valence-corrected chi connectivity index (χ1v) is 31.7. The number of hydrogen-bond donors (Lipinski definition) is 5. The third-order valence-electron chi connectivity index (χ3n) is 17.5. The van der Waals surface area contributed by atoms with E-state index in [9.17, 15) is 24.3 Å². The summed E-state index contributed by atoms with van der Waals surface area (Å²) in [6, 6.07) is 18.8. The lowest BCUT2D eigenvalue weighted by molar-refractivity contribution is -0.133. The zero-order valence-corrected chi connectivity index (χ0v) is 51.5. The number of aromatic carboxylic acids is 1. The Morgan fingerprint density at radius 3 is 2.45 bits per heavy atom. The van der Waals surface area contributed by atoms with E-state index in [2.05, 4.69) is 59.8 Å². The first-order valence-electron chi connectivity index (χ1n) is 30.5. The molecule has 3 amide bonds. The number of carbonyl (C=O) groups is 4. The number of anilines is 5. The Morgan fingerprint density at radius 1 is 0.875 bits per heavy atom. The van der Waals surface area contributed by atoms with E-state index in [-0.39, 0.29) is 60.2 Å². The zero-order valence-electron chi connectivity index (χ0n) is 49.9. The van der Waals surface area contributed by atoms with E-state index in [1.807, 2.05) is 30.0 Å². The fourth-order valence-electron chi connectivity index (χ4n) is 12.9. The number of unbranched alkanes of at least 4 members (excludes halogenated alkanes) is 1. The molecule has 0 aliphatic carbocycles. The fraction of sp³-hybridized carbons (Fsp3) is 0.373. The van der Waals surface area contributed by atoms with Gasteiger partial charge in [-0.1, -0.05) is 48.4 Å². The summed E-state index contributed by atoms with van der Waals surface area (Å²) in [5.41, 5.74) is 9.48. The molecule has 0 atom stereocenters. The van der Waals surface area contributed by atoms with Crippen molar-refractivity contribution in [2.24, 2.45) is 0 Å². The number of aryl methyl sites for hydroxylation is 4. The lowest BCUT2D eigenvalue weighted by atomic mass is 9.82. The molecule has 1 saturated heterocycles.